The van der Waals surface area contributed by atoms with E-state index in [2.05, 4.69) is 24.9 Å². The molecule has 5 nitrogen and oxygen atoms in total. The first-order valence-electron chi connectivity index (χ1n) is 7.40. The van der Waals surface area contributed by atoms with Crippen molar-refractivity contribution >= 4 is 11.6 Å². The van der Waals surface area contributed by atoms with Gasteiger partial charge < -0.3 is 14.2 Å². The molecule has 23 heavy (non-hydrogen) atoms. The van der Waals surface area contributed by atoms with E-state index < -0.39 is 5.97 Å². The van der Waals surface area contributed by atoms with Crippen LogP contribution in [0.4, 0.5) is 0 Å². The summed E-state index contributed by atoms with van der Waals surface area (Å²) in [5, 5.41) is 9.08. The van der Waals surface area contributed by atoms with E-state index in [4.69, 9.17) is 9.84 Å². The van der Waals surface area contributed by atoms with Crippen LogP contribution in [0.15, 0.2) is 42.7 Å². The fourth-order valence-electron chi connectivity index (χ4n) is 2.60. The van der Waals surface area contributed by atoms with Crippen LogP contribution < -0.4 is 4.74 Å². The summed E-state index contributed by atoms with van der Waals surface area (Å²) in [5.74, 6) is 0.245. The quantitative estimate of drug-likeness (QED) is 0.795. The fourth-order valence-corrected chi connectivity index (χ4v) is 2.60. The summed E-state index contributed by atoms with van der Waals surface area (Å²) >= 11 is 0. The number of imidazole rings is 1. The predicted octanol–water partition coefficient (Wildman–Crippen LogP) is 3.83. The molecule has 0 radical (unpaired) electrons. The van der Waals surface area contributed by atoms with Gasteiger partial charge in [-0.05, 0) is 41.8 Å². The number of hydrogen-bond donors (Lipinski definition) is 1. The van der Waals surface area contributed by atoms with Gasteiger partial charge in [0.15, 0.2) is 0 Å². The Morgan fingerprint density at radius 1 is 1.22 bits per heavy atom. The molecular weight excluding hydrogens is 292 g/mol. The molecule has 0 spiro atoms. The lowest BCUT2D eigenvalue weighted by Gasteiger charge is -2.12. The van der Waals surface area contributed by atoms with Crippen LogP contribution in [-0.2, 0) is 0 Å². The summed E-state index contributed by atoms with van der Waals surface area (Å²) in [4.78, 5) is 15.6. The van der Waals surface area contributed by atoms with Crippen LogP contribution in [0.2, 0.25) is 0 Å². The second-order valence-electron chi connectivity index (χ2n) is 5.73. The van der Waals surface area contributed by atoms with Crippen LogP contribution in [0.25, 0.3) is 16.9 Å². The van der Waals surface area contributed by atoms with E-state index in [0.29, 0.717) is 11.6 Å². The van der Waals surface area contributed by atoms with Gasteiger partial charge in [-0.15, -0.1) is 0 Å². The van der Waals surface area contributed by atoms with Gasteiger partial charge in [0.05, 0.1) is 18.4 Å². The molecule has 0 aliphatic heterocycles. The van der Waals surface area contributed by atoms with Gasteiger partial charge in [0.25, 0.3) is 0 Å². The van der Waals surface area contributed by atoms with Crippen molar-refractivity contribution in [2.75, 3.05) is 7.11 Å². The van der Waals surface area contributed by atoms with E-state index in [1.165, 1.54) is 0 Å². The van der Waals surface area contributed by atoms with Gasteiger partial charge >= 0.3 is 5.97 Å². The number of methoxy groups -OCH3 is 1. The standard InChI is InChI=1S/C18H18N2O3/c1-11(2)14-8-12(4-6-16(14)23-3)15-10-20-9-13(18(21)22)5-7-17(20)19-15/h4-11H,1-3H3,(H,21,22). The Hall–Kier alpha value is -2.82. The number of fused-ring (bicyclic) bond motifs is 1. The summed E-state index contributed by atoms with van der Waals surface area (Å²) in [6.07, 6.45) is 3.41. The summed E-state index contributed by atoms with van der Waals surface area (Å²) in [5.41, 5.74) is 3.85. The largest absolute Gasteiger partial charge is 0.496 e. The smallest absolute Gasteiger partial charge is 0.337 e. The molecule has 0 aliphatic carbocycles. The number of nitrogens with zero attached hydrogens (tertiary/aromatic N) is 2. The minimum atomic E-state index is -0.950. The van der Waals surface area contributed by atoms with Gasteiger partial charge in [0, 0.05) is 18.0 Å². The molecule has 0 atom stereocenters. The van der Waals surface area contributed by atoms with Gasteiger partial charge in [0.1, 0.15) is 11.4 Å². The highest BCUT2D eigenvalue weighted by Gasteiger charge is 2.12. The number of benzene rings is 1. The number of carboxylic acid groups (broad SMARTS) is 1. The summed E-state index contributed by atoms with van der Waals surface area (Å²) in [6.45, 7) is 4.23. The van der Waals surface area contributed by atoms with Gasteiger partial charge in [-0.2, -0.15) is 0 Å². The normalized spacial score (nSPS) is 11.1. The average molecular weight is 310 g/mol. The Bertz CT molecular complexity index is 881. The number of hydrogen-bond acceptors (Lipinski definition) is 3. The van der Waals surface area contributed by atoms with Crippen LogP contribution >= 0.6 is 0 Å². The zero-order valence-electron chi connectivity index (χ0n) is 13.3. The molecule has 0 fully saturated rings. The van der Waals surface area contributed by atoms with E-state index in [1.54, 1.807) is 29.8 Å². The first-order valence-corrected chi connectivity index (χ1v) is 7.40. The minimum Gasteiger partial charge on any atom is -0.496 e. The Kier molecular flexibility index (Phi) is 3.78. The summed E-state index contributed by atoms with van der Waals surface area (Å²) in [6, 6.07) is 9.24. The molecule has 0 aliphatic rings. The first kappa shape index (κ1) is 15.1. The maximum Gasteiger partial charge on any atom is 0.337 e. The number of rotatable bonds is 4. The molecule has 0 saturated heterocycles. The van der Waals surface area contributed by atoms with Crippen molar-refractivity contribution in [3.05, 3.63) is 53.9 Å². The maximum atomic E-state index is 11.1. The molecule has 3 aromatic rings. The van der Waals surface area contributed by atoms with Crippen LogP contribution in [0, 0.1) is 0 Å². The van der Waals surface area contributed by atoms with Crippen LogP contribution in [0.3, 0.4) is 0 Å². The molecule has 1 N–H and O–H groups in total. The first-order chi connectivity index (χ1) is 11.0. The van der Waals surface area contributed by atoms with Crippen molar-refractivity contribution < 1.29 is 14.6 Å². The number of pyridine rings is 1. The zero-order chi connectivity index (χ0) is 16.6. The SMILES string of the molecule is COc1ccc(-c2cn3cc(C(=O)O)ccc3n2)cc1C(C)C. The molecule has 2 aromatic heterocycles. The third-order valence-electron chi connectivity index (χ3n) is 3.85. The van der Waals surface area contributed by atoms with E-state index >= 15 is 0 Å². The van der Waals surface area contributed by atoms with Gasteiger partial charge in [-0.3, -0.25) is 0 Å². The van der Waals surface area contributed by atoms with Crippen LogP contribution in [0.1, 0.15) is 35.7 Å². The zero-order valence-corrected chi connectivity index (χ0v) is 13.3. The van der Waals surface area contributed by atoms with Crippen LogP contribution in [-0.4, -0.2) is 27.6 Å². The number of carboxylic acids is 1. The van der Waals surface area contributed by atoms with Gasteiger partial charge in [-0.1, -0.05) is 13.8 Å². The van der Waals surface area contributed by atoms with Crippen molar-refractivity contribution in [1.82, 2.24) is 9.38 Å². The molecule has 5 heteroatoms. The molecule has 1 aromatic carbocycles. The highest BCUT2D eigenvalue weighted by atomic mass is 16.5. The van der Waals surface area contributed by atoms with Gasteiger partial charge in [-0.25, -0.2) is 9.78 Å². The molecule has 2 heterocycles. The van der Waals surface area contributed by atoms with E-state index in [1.807, 2.05) is 18.3 Å². The molecule has 118 valence electrons. The number of carbonyl (C=O) groups is 1. The van der Waals surface area contributed by atoms with E-state index in [0.717, 1.165) is 22.6 Å². The minimum absolute atomic E-state index is 0.235. The molecule has 0 amide bonds. The molecule has 0 saturated carbocycles. The molecule has 0 unspecified atom stereocenters. The van der Waals surface area contributed by atoms with Crippen molar-refractivity contribution in [2.24, 2.45) is 0 Å². The lowest BCUT2D eigenvalue weighted by Crippen LogP contribution is -1.97. The summed E-state index contributed by atoms with van der Waals surface area (Å²) < 4.78 is 7.14. The van der Waals surface area contributed by atoms with Crippen molar-refractivity contribution in [3.63, 3.8) is 0 Å². The van der Waals surface area contributed by atoms with Crippen molar-refractivity contribution in [1.29, 1.82) is 0 Å². The topological polar surface area (TPSA) is 63.8 Å². The predicted molar refractivity (Wildman–Crippen MR) is 88.2 cm³/mol. The number of aromatic carboxylic acids is 1. The molecule has 0 bridgehead atoms. The Morgan fingerprint density at radius 3 is 2.65 bits per heavy atom. The number of ether oxygens (including phenoxy) is 1. The third-order valence-corrected chi connectivity index (χ3v) is 3.85. The number of aromatic nitrogens is 2. The Labute approximate surface area is 134 Å². The maximum absolute atomic E-state index is 11.1. The highest BCUT2D eigenvalue weighted by Crippen LogP contribution is 2.31. The second-order valence-corrected chi connectivity index (χ2v) is 5.73. The molecule has 3 rings (SSSR count). The van der Waals surface area contributed by atoms with Crippen LogP contribution in [0.5, 0.6) is 5.75 Å². The van der Waals surface area contributed by atoms with Crippen molar-refractivity contribution in [3.8, 4) is 17.0 Å². The van der Waals surface area contributed by atoms with Crippen molar-refractivity contribution in [2.45, 2.75) is 19.8 Å². The average Bonchev–Trinajstić information content (AvgIpc) is 2.97. The monoisotopic (exact) mass is 310 g/mol. The highest BCUT2D eigenvalue weighted by molar-refractivity contribution is 5.87. The lowest BCUT2D eigenvalue weighted by molar-refractivity contribution is 0.0696. The molecular formula is C18H18N2O3. The third kappa shape index (κ3) is 2.77. The van der Waals surface area contributed by atoms with Gasteiger partial charge in [0.2, 0.25) is 0 Å². The Balaban J connectivity index is 2.09. The second kappa shape index (κ2) is 5.76. The lowest BCUT2D eigenvalue weighted by atomic mass is 9.98. The van der Waals surface area contributed by atoms with E-state index in [9.17, 15) is 4.79 Å². The van der Waals surface area contributed by atoms with E-state index in [-0.39, 0.29) is 5.56 Å². The summed E-state index contributed by atoms with van der Waals surface area (Å²) in [7, 11) is 1.67. The fraction of sp³-hybridized carbons (Fsp3) is 0.222. The Morgan fingerprint density at radius 2 is 2.00 bits per heavy atom.